The van der Waals surface area contributed by atoms with Crippen LogP contribution in [-0.2, 0) is 4.79 Å². The molecule has 0 spiro atoms. The predicted molar refractivity (Wildman–Crippen MR) is 68.3 cm³/mol. The van der Waals surface area contributed by atoms with Gasteiger partial charge < -0.3 is 10.0 Å². The van der Waals surface area contributed by atoms with E-state index in [2.05, 4.69) is 4.90 Å². The van der Waals surface area contributed by atoms with Crippen molar-refractivity contribution in [3.63, 3.8) is 0 Å². The largest absolute Gasteiger partial charge is 0.481 e. The summed E-state index contributed by atoms with van der Waals surface area (Å²) in [5, 5.41) is 9.17. The van der Waals surface area contributed by atoms with Gasteiger partial charge in [-0.25, -0.2) is 4.39 Å². The van der Waals surface area contributed by atoms with Gasteiger partial charge in [-0.3, -0.25) is 4.79 Å². The van der Waals surface area contributed by atoms with Gasteiger partial charge in [0.05, 0.1) is 5.41 Å². The molecule has 1 aliphatic heterocycles. The summed E-state index contributed by atoms with van der Waals surface area (Å²) >= 11 is 0. The highest BCUT2D eigenvalue weighted by Crippen LogP contribution is 2.35. The average molecular weight is 257 g/mol. The normalized spacial score (nSPS) is 26.7. The first-order valence-corrected chi connectivity index (χ1v) is 7.21. The number of rotatable bonds is 3. The molecule has 2 fully saturated rings. The standard InChI is InChI=1S/C14H24FNO2/c15-11-14(13(17)18)7-9-16(10-8-14)12-5-3-1-2-4-6-12/h12H,1-11H2,(H,17,18). The number of carboxylic acid groups (broad SMARTS) is 1. The molecule has 0 radical (unpaired) electrons. The van der Waals surface area contributed by atoms with Gasteiger partial charge in [0.1, 0.15) is 6.67 Å². The Balaban J connectivity index is 1.90. The van der Waals surface area contributed by atoms with Crippen LogP contribution in [0, 0.1) is 5.41 Å². The number of alkyl halides is 1. The number of hydrogen-bond donors (Lipinski definition) is 1. The molecular formula is C14H24FNO2. The van der Waals surface area contributed by atoms with Crippen LogP contribution < -0.4 is 0 Å². The lowest BCUT2D eigenvalue weighted by Crippen LogP contribution is -2.49. The number of likely N-dealkylation sites (tertiary alicyclic amines) is 1. The maximum absolute atomic E-state index is 13.0. The van der Waals surface area contributed by atoms with E-state index in [1.165, 1.54) is 38.5 Å². The molecule has 0 atom stereocenters. The third-order valence-electron chi connectivity index (χ3n) is 4.81. The highest BCUT2D eigenvalue weighted by atomic mass is 19.1. The summed E-state index contributed by atoms with van der Waals surface area (Å²) in [6.45, 7) is 0.780. The van der Waals surface area contributed by atoms with Crippen molar-refractivity contribution in [1.29, 1.82) is 0 Å². The van der Waals surface area contributed by atoms with Crippen LogP contribution in [0.5, 0.6) is 0 Å². The van der Waals surface area contributed by atoms with Crippen molar-refractivity contribution >= 4 is 5.97 Å². The summed E-state index contributed by atoms with van der Waals surface area (Å²) in [7, 11) is 0. The lowest BCUT2D eigenvalue weighted by atomic mass is 9.79. The molecule has 1 saturated heterocycles. The van der Waals surface area contributed by atoms with Gasteiger partial charge in [0, 0.05) is 6.04 Å². The third-order valence-corrected chi connectivity index (χ3v) is 4.81. The molecule has 3 nitrogen and oxygen atoms in total. The predicted octanol–water partition coefficient (Wildman–Crippen LogP) is 2.85. The first-order valence-electron chi connectivity index (χ1n) is 7.21. The van der Waals surface area contributed by atoms with Crippen molar-refractivity contribution in [2.75, 3.05) is 19.8 Å². The number of nitrogens with zero attached hydrogens (tertiary/aromatic N) is 1. The molecule has 104 valence electrons. The topological polar surface area (TPSA) is 40.5 Å². The molecule has 2 rings (SSSR count). The number of piperidine rings is 1. The Labute approximate surface area is 108 Å². The smallest absolute Gasteiger partial charge is 0.312 e. The SMILES string of the molecule is O=C(O)C1(CF)CCN(C2CCCCCC2)CC1. The minimum absolute atomic E-state index is 0.468. The first-order chi connectivity index (χ1) is 8.68. The zero-order chi connectivity index (χ0) is 13.0. The lowest BCUT2D eigenvalue weighted by Gasteiger charge is -2.41. The van der Waals surface area contributed by atoms with Gasteiger partial charge in [0.15, 0.2) is 0 Å². The van der Waals surface area contributed by atoms with Gasteiger partial charge in [-0.2, -0.15) is 0 Å². The molecule has 0 aromatic heterocycles. The Morgan fingerprint density at radius 2 is 1.72 bits per heavy atom. The Morgan fingerprint density at radius 3 is 2.17 bits per heavy atom. The van der Waals surface area contributed by atoms with Crippen LogP contribution >= 0.6 is 0 Å². The Bertz CT molecular complexity index is 280. The van der Waals surface area contributed by atoms with Crippen LogP contribution in [0.4, 0.5) is 4.39 Å². The molecule has 0 unspecified atom stereocenters. The summed E-state index contributed by atoms with van der Waals surface area (Å²) < 4.78 is 13.0. The molecule has 0 bridgehead atoms. The van der Waals surface area contributed by atoms with Gasteiger partial charge in [-0.1, -0.05) is 25.7 Å². The quantitative estimate of drug-likeness (QED) is 0.790. The fraction of sp³-hybridized carbons (Fsp3) is 0.929. The second kappa shape index (κ2) is 6.00. The monoisotopic (exact) mass is 257 g/mol. The molecular weight excluding hydrogens is 233 g/mol. The van der Waals surface area contributed by atoms with E-state index in [1.807, 2.05) is 0 Å². The van der Waals surface area contributed by atoms with Gasteiger partial charge >= 0.3 is 5.97 Å². The van der Waals surface area contributed by atoms with E-state index < -0.39 is 18.1 Å². The Morgan fingerprint density at radius 1 is 1.17 bits per heavy atom. The Kier molecular flexibility index (Phi) is 4.60. The molecule has 0 amide bonds. The van der Waals surface area contributed by atoms with E-state index in [0.29, 0.717) is 18.9 Å². The molecule has 1 heterocycles. The number of carboxylic acids is 1. The summed E-state index contributed by atoms with van der Waals surface area (Å²) in [5.41, 5.74) is -1.10. The van der Waals surface area contributed by atoms with Gasteiger partial charge in [0.2, 0.25) is 0 Å². The van der Waals surface area contributed by atoms with E-state index in [9.17, 15) is 14.3 Å². The minimum atomic E-state index is -1.10. The maximum atomic E-state index is 13.0. The fourth-order valence-corrected chi connectivity index (χ4v) is 3.34. The molecule has 4 heteroatoms. The van der Waals surface area contributed by atoms with Crippen molar-refractivity contribution < 1.29 is 14.3 Å². The number of halogens is 1. The molecule has 0 aromatic carbocycles. The second-order valence-corrected chi connectivity index (χ2v) is 5.90. The molecule has 1 saturated carbocycles. The van der Waals surface area contributed by atoms with Crippen LogP contribution in [0.1, 0.15) is 51.4 Å². The van der Waals surface area contributed by atoms with Crippen LogP contribution in [0.2, 0.25) is 0 Å². The van der Waals surface area contributed by atoms with Crippen LogP contribution in [0.15, 0.2) is 0 Å². The third kappa shape index (κ3) is 2.85. The van der Waals surface area contributed by atoms with Crippen molar-refractivity contribution in [3.05, 3.63) is 0 Å². The molecule has 1 N–H and O–H groups in total. The van der Waals surface area contributed by atoms with Crippen molar-refractivity contribution in [3.8, 4) is 0 Å². The van der Waals surface area contributed by atoms with Crippen molar-refractivity contribution in [2.45, 2.75) is 57.4 Å². The lowest BCUT2D eigenvalue weighted by molar-refractivity contribution is -0.153. The van der Waals surface area contributed by atoms with Gasteiger partial charge in [0.25, 0.3) is 0 Å². The van der Waals surface area contributed by atoms with E-state index in [0.717, 1.165) is 13.1 Å². The average Bonchev–Trinajstić information content (AvgIpc) is 2.67. The first kappa shape index (κ1) is 13.8. The number of hydrogen-bond acceptors (Lipinski definition) is 2. The summed E-state index contributed by atoms with van der Waals surface area (Å²) in [5.74, 6) is -0.953. The van der Waals surface area contributed by atoms with Crippen molar-refractivity contribution in [2.24, 2.45) is 5.41 Å². The zero-order valence-electron chi connectivity index (χ0n) is 11.0. The maximum Gasteiger partial charge on any atom is 0.312 e. The number of carbonyl (C=O) groups is 1. The molecule has 18 heavy (non-hydrogen) atoms. The van der Waals surface area contributed by atoms with Crippen LogP contribution in [-0.4, -0.2) is 41.8 Å². The van der Waals surface area contributed by atoms with Gasteiger partial charge in [-0.15, -0.1) is 0 Å². The van der Waals surface area contributed by atoms with Crippen molar-refractivity contribution in [1.82, 2.24) is 4.90 Å². The van der Waals surface area contributed by atoms with Crippen LogP contribution in [0.25, 0.3) is 0 Å². The second-order valence-electron chi connectivity index (χ2n) is 5.90. The van der Waals surface area contributed by atoms with E-state index in [-0.39, 0.29) is 0 Å². The van der Waals surface area contributed by atoms with E-state index in [4.69, 9.17) is 0 Å². The highest BCUT2D eigenvalue weighted by Gasteiger charge is 2.42. The van der Waals surface area contributed by atoms with E-state index >= 15 is 0 Å². The number of aliphatic carboxylic acids is 1. The van der Waals surface area contributed by atoms with E-state index in [1.54, 1.807) is 0 Å². The minimum Gasteiger partial charge on any atom is -0.481 e. The summed E-state index contributed by atoms with van der Waals surface area (Å²) in [6, 6.07) is 0.610. The summed E-state index contributed by atoms with van der Waals surface area (Å²) in [4.78, 5) is 13.6. The van der Waals surface area contributed by atoms with Gasteiger partial charge in [-0.05, 0) is 38.8 Å². The summed E-state index contributed by atoms with van der Waals surface area (Å²) in [6.07, 6.45) is 8.63. The Hall–Kier alpha value is -0.640. The molecule has 2 aliphatic rings. The zero-order valence-corrected chi connectivity index (χ0v) is 11.0. The van der Waals surface area contributed by atoms with Crippen LogP contribution in [0.3, 0.4) is 0 Å². The fourth-order valence-electron chi connectivity index (χ4n) is 3.34. The molecule has 0 aromatic rings. The highest BCUT2D eigenvalue weighted by molar-refractivity contribution is 5.75. The molecule has 1 aliphatic carbocycles.